The molecule has 9 heteroatoms. The van der Waals surface area contributed by atoms with Gasteiger partial charge in [-0.05, 0) is 41.5 Å². The summed E-state index contributed by atoms with van der Waals surface area (Å²) in [5, 5.41) is 0. The third kappa shape index (κ3) is 13.2. The number of ketones is 2. The average Bonchev–Trinajstić information content (AvgIpc) is 2.50. The molecule has 8 nitrogen and oxygen atoms in total. The van der Waals surface area contributed by atoms with Crippen molar-refractivity contribution in [1.82, 2.24) is 0 Å². The van der Waals surface area contributed by atoms with Gasteiger partial charge in [-0.3, -0.25) is 19.2 Å². The van der Waals surface area contributed by atoms with Crippen LogP contribution in [0.4, 0.5) is 0 Å². The van der Waals surface area contributed by atoms with E-state index in [4.69, 9.17) is 0 Å². The summed E-state index contributed by atoms with van der Waals surface area (Å²) in [5.41, 5.74) is -3.22. The van der Waals surface area contributed by atoms with E-state index in [1.54, 1.807) is 83.1 Å². The minimum absolute atomic E-state index is 0. The van der Waals surface area contributed by atoms with Crippen LogP contribution in [0.15, 0.2) is 0 Å². The van der Waals surface area contributed by atoms with E-state index in [1.165, 1.54) is 0 Å². The Labute approximate surface area is 195 Å². The van der Waals surface area contributed by atoms with E-state index < -0.39 is 57.1 Å². The van der Waals surface area contributed by atoms with Gasteiger partial charge in [-0.1, -0.05) is 41.5 Å². The molecule has 0 spiro atoms. The summed E-state index contributed by atoms with van der Waals surface area (Å²) in [4.78, 5) is 67.9. The predicted molar refractivity (Wildman–Crippen MR) is 110 cm³/mol. The molecule has 0 aromatic heterocycles. The molecule has 0 atom stereocenters. The summed E-state index contributed by atoms with van der Waals surface area (Å²) in [6.07, 6.45) is 0. The number of carbonyl (C=O) groups is 6. The molecule has 0 saturated carbocycles. The van der Waals surface area contributed by atoms with E-state index >= 15 is 0 Å². The predicted octanol–water partition coefficient (Wildman–Crippen LogP) is 3.43. The molecular formula is C22H36CuO8. The van der Waals surface area contributed by atoms with Crippen molar-refractivity contribution in [2.75, 3.05) is 0 Å². The zero-order chi connectivity index (χ0) is 24.9. The first kappa shape index (κ1) is 33.8. The Morgan fingerprint density at radius 1 is 0.419 bits per heavy atom. The second-order valence-electron chi connectivity index (χ2n) is 11.0. The minimum Gasteiger partial charge on any atom is -0.387 e. The van der Waals surface area contributed by atoms with Crippen molar-refractivity contribution in [2.45, 2.75) is 83.1 Å². The van der Waals surface area contributed by atoms with Gasteiger partial charge >= 0.3 is 23.9 Å². The van der Waals surface area contributed by atoms with Crippen molar-refractivity contribution in [2.24, 2.45) is 21.7 Å². The molecule has 183 valence electrons. The molecule has 0 saturated heterocycles. The van der Waals surface area contributed by atoms with Crippen molar-refractivity contribution in [3.8, 4) is 0 Å². The normalized spacial score (nSPS) is 11.7. The zero-order valence-corrected chi connectivity index (χ0v) is 21.5. The molecule has 31 heavy (non-hydrogen) atoms. The van der Waals surface area contributed by atoms with Gasteiger partial charge in [0.15, 0.2) is 0 Å². The van der Waals surface area contributed by atoms with E-state index in [2.05, 4.69) is 9.47 Å². The van der Waals surface area contributed by atoms with E-state index in [1.807, 2.05) is 0 Å². The standard InChI is InChI=1S/2C11H18O4.Cu/c2*1-10(2,3)7(12)8(13)15-9(14)11(4,5)6;/h2*1-6H3;. The maximum atomic E-state index is 11.4. The smallest absolute Gasteiger partial charge is 0.382 e. The van der Waals surface area contributed by atoms with Gasteiger partial charge in [0.2, 0.25) is 11.6 Å². The summed E-state index contributed by atoms with van der Waals surface area (Å²) in [5.74, 6) is -4.93. The van der Waals surface area contributed by atoms with E-state index in [0.717, 1.165) is 0 Å². The fourth-order valence-electron chi connectivity index (χ4n) is 1.18. The fraction of sp³-hybridized carbons (Fsp3) is 0.727. The molecule has 0 rings (SSSR count). The maximum Gasteiger partial charge on any atom is 0.382 e. The van der Waals surface area contributed by atoms with Crippen LogP contribution in [0.25, 0.3) is 0 Å². The van der Waals surface area contributed by atoms with Crippen LogP contribution < -0.4 is 0 Å². The van der Waals surface area contributed by atoms with Gasteiger partial charge in [-0.25, -0.2) is 9.59 Å². The van der Waals surface area contributed by atoms with Crippen molar-refractivity contribution >= 4 is 35.4 Å². The van der Waals surface area contributed by atoms with Crippen LogP contribution in [0.2, 0.25) is 0 Å². The van der Waals surface area contributed by atoms with Crippen molar-refractivity contribution in [1.29, 1.82) is 0 Å². The van der Waals surface area contributed by atoms with Gasteiger partial charge in [-0.2, -0.15) is 0 Å². The molecule has 0 bridgehead atoms. The van der Waals surface area contributed by atoms with E-state index in [-0.39, 0.29) is 17.1 Å². The summed E-state index contributed by atoms with van der Waals surface area (Å²) in [6, 6.07) is 0. The molecule has 0 N–H and O–H groups in total. The molecular weight excluding hydrogens is 456 g/mol. The quantitative estimate of drug-likeness (QED) is 0.249. The van der Waals surface area contributed by atoms with Crippen LogP contribution in [0.5, 0.6) is 0 Å². The van der Waals surface area contributed by atoms with Gasteiger partial charge in [0.05, 0.1) is 10.8 Å². The molecule has 0 aliphatic heterocycles. The van der Waals surface area contributed by atoms with Crippen LogP contribution in [0, 0.1) is 21.7 Å². The molecule has 0 heterocycles. The van der Waals surface area contributed by atoms with Crippen LogP contribution >= 0.6 is 0 Å². The topological polar surface area (TPSA) is 121 Å². The molecule has 1 radical (unpaired) electrons. The van der Waals surface area contributed by atoms with Crippen molar-refractivity contribution < 1.29 is 55.3 Å². The zero-order valence-electron chi connectivity index (χ0n) is 20.6. The second kappa shape index (κ2) is 11.7. The first-order valence-electron chi connectivity index (χ1n) is 9.54. The second-order valence-corrected chi connectivity index (χ2v) is 11.0. The van der Waals surface area contributed by atoms with Gasteiger partial charge in [0.25, 0.3) is 0 Å². The van der Waals surface area contributed by atoms with Gasteiger partial charge < -0.3 is 9.47 Å². The Bertz CT molecular complexity index is 646. The van der Waals surface area contributed by atoms with E-state index in [9.17, 15) is 28.8 Å². The first-order chi connectivity index (χ1) is 12.9. The Kier molecular flexibility index (Phi) is 12.7. The van der Waals surface area contributed by atoms with E-state index in [0.29, 0.717) is 0 Å². The Morgan fingerprint density at radius 3 is 0.742 bits per heavy atom. The largest absolute Gasteiger partial charge is 0.387 e. The summed E-state index contributed by atoms with van der Waals surface area (Å²) >= 11 is 0. The fourth-order valence-corrected chi connectivity index (χ4v) is 1.18. The van der Waals surface area contributed by atoms with Crippen LogP contribution in [-0.4, -0.2) is 35.4 Å². The van der Waals surface area contributed by atoms with Gasteiger partial charge in [-0.15, -0.1) is 0 Å². The van der Waals surface area contributed by atoms with Crippen molar-refractivity contribution in [3.05, 3.63) is 0 Å². The number of rotatable bonds is 2. The monoisotopic (exact) mass is 491 g/mol. The average molecular weight is 492 g/mol. The number of hydrogen-bond donors (Lipinski definition) is 0. The molecule has 0 aliphatic carbocycles. The van der Waals surface area contributed by atoms with Crippen LogP contribution in [0.1, 0.15) is 83.1 Å². The minimum atomic E-state index is -1.08. The van der Waals surface area contributed by atoms with Crippen molar-refractivity contribution in [3.63, 3.8) is 0 Å². The Balaban J connectivity index is -0.000000490. The summed E-state index contributed by atoms with van der Waals surface area (Å²) in [7, 11) is 0. The molecule has 0 aromatic carbocycles. The molecule has 0 aliphatic rings. The third-order valence-electron chi connectivity index (χ3n) is 3.33. The van der Waals surface area contributed by atoms with Crippen LogP contribution in [-0.2, 0) is 55.3 Å². The molecule has 0 fully saturated rings. The number of esters is 4. The Morgan fingerprint density at radius 2 is 0.613 bits per heavy atom. The number of Topliss-reactive ketones (excluding diaryl/α,β-unsaturated/α-hetero) is 2. The number of hydrogen-bond acceptors (Lipinski definition) is 8. The van der Waals surface area contributed by atoms with Crippen LogP contribution in [0.3, 0.4) is 0 Å². The first-order valence-corrected chi connectivity index (χ1v) is 9.54. The summed E-state index contributed by atoms with van der Waals surface area (Å²) in [6.45, 7) is 19.3. The molecule has 0 unspecified atom stereocenters. The molecule has 0 amide bonds. The Hall–Kier alpha value is -1.86. The third-order valence-corrected chi connectivity index (χ3v) is 3.33. The van der Waals surface area contributed by atoms with Gasteiger partial charge in [0.1, 0.15) is 0 Å². The number of ether oxygens (including phenoxy) is 2. The summed E-state index contributed by atoms with van der Waals surface area (Å²) < 4.78 is 8.95. The SMILES string of the molecule is CC(C)(C)C(=O)OC(=O)C(=O)C(C)(C)C.CC(C)(C)C(=O)OC(=O)C(=O)C(C)(C)C.[Cu]. The maximum absolute atomic E-state index is 11.4. The molecule has 0 aromatic rings. The van der Waals surface area contributed by atoms with Gasteiger partial charge in [0, 0.05) is 27.9 Å². The number of carbonyl (C=O) groups excluding carboxylic acids is 6.